The standard InChI is InChI=1S/C7H5ClFNO2/c8-4-1-3(7(10)12)6(11)2-5(4)9/h1-2,11H,(H2,10,12). The second-order valence-electron chi connectivity index (χ2n) is 2.15. The molecule has 0 unspecified atom stereocenters. The number of nitrogens with two attached hydrogens (primary N) is 1. The van der Waals surface area contributed by atoms with Gasteiger partial charge in [-0.2, -0.15) is 0 Å². The Balaban J connectivity index is 3.33. The number of carbonyl (C=O) groups is 1. The predicted octanol–water partition coefficient (Wildman–Crippen LogP) is 1.28. The van der Waals surface area contributed by atoms with Gasteiger partial charge >= 0.3 is 0 Å². The third-order valence-electron chi connectivity index (χ3n) is 1.30. The topological polar surface area (TPSA) is 63.3 Å². The highest BCUT2D eigenvalue weighted by molar-refractivity contribution is 6.31. The average molecular weight is 190 g/mol. The van der Waals surface area contributed by atoms with Gasteiger partial charge in [0.05, 0.1) is 10.6 Å². The van der Waals surface area contributed by atoms with E-state index >= 15 is 0 Å². The van der Waals surface area contributed by atoms with E-state index in [-0.39, 0.29) is 10.6 Å². The van der Waals surface area contributed by atoms with Crippen LogP contribution in [-0.2, 0) is 0 Å². The van der Waals surface area contributed by atoms with Crippen LogP contribution < -0.4 is 5.73 Å². The van der Waals surface area contributed by atoms with Crippen LogP contribution in [0.3, 0.4) is 0 Å². The number of rotatable bonds is 1. The van der Waals surface area contributed by atoms with Gasteiger partial charge in [0.15, 0.2) is 0 Å². The van der Waals surface area contributed by atoms with Crippen LogP contribution in [0, 0.1) is 5.82 Å². The third kappa shape index (κ3) is 1.48. The number of halogens is 2. The molecule has 0 atom stereocenters. The van der Waals surface area contributed by atoms with E-state index in [1.807, 2.05) is 0 Å². The minimum Gasteiger partial charge on any atom is -0.507 e. The second-order valence-corrected chi connectivity index (χ2v) is 2.55. The Kier molecular flexibility index (Phi) is 2.19. The van der Waals surface area contributed by atoms with Crippen LogP contribution in [0.2, 0.25) is 5.02 Å². The molecule has 0 aliphatic carbocycles. The second kappa shape index (κ2) is 2.98. The first-order valence-electron chi connectivity index (χ1n) is 3.00. The van der Waals surface area contributed by atoms with Crippen LogP contribution in [-0.4, -0.2) is 11.0 Å². The predicted molar refractivity (Wildman–Crippen MR) is 41.6 cm³/mol. The monoisotopic (exact) mass is 189 g/mol. The van der Waals surface area contributed by atoms with Gasteiger partial charge in [-0.1, -0.05) is 11.6 Å². The SMILES string of the molecule is NC(=O)c1cc(Cl)c(F)cc1O. The number of hydrogen-bond acceptors (Lipinski definition) is 2. The van der Waals surface area contributed by atoms with Crippen LogP contribution in [0.5, 0.6) is 5.75 Å². The zero-order chi connectivity index (χ0) is 9.30. The van der Waals surface area contributed by atoms with Crippen LogP contribution in [0.4, 0.5) is 4.39 Å². The molecule has 1 aromatic rings. The summed E-state index contributed by atoms with van der Waals surface area (Å²) < 4.78 is 12.6. The van der Waals surface area contributed by atoms with Crippen LogP contribution in [0.1, 0.15) is 10.4 Å². The molecule has 64 valence electrons. The minimum absolute atomic E-state index is 0.193. The van der Waals surface area contributed by atoms with Crippen molar-refractivity contribution in [3.8, 4) is 5.75 Å². The highest BCUT2D eigenvalue weighted by Gasteiger charge is 2.11. The summed E-state index contributed by atoms with van der Waals surface area (Å²) in [5.41, 5.74) is 4.66. The zero-order valence-electron chi connectivity index (χ0n) is 5.84. The lowest BCUT2D eigenvalue weighted by Crippen LogP contribution is -2.11. The zero-order valence-corrected chi connectivity index (χ0v) is 6.60. The fourth-order valence-corrected chi connectivity index (χ4v) is 0.897. The molecule has 0 aliphatic rings. The van der Waals surface area contributed by atoms with Crippen LogP contribution in [0.15, 0.2) is 12.1 Å². The van der Waals surface area contributed by atoms with Gasteiger partial charge in [-0.15, -0.1) is 0 Å². The number of phenols is 1. The summed E-state index contributed by atoms with van der Waals surface area (Å²) in [7, 11) is 0. The highest BCUT2D eigenvalue weighted by atomic mass is 35.5. The van der Waals surface area contributed by atoms with Crippen molar-refractivity contribution >= 4 is 17.5 Å². The molecule has 0 aliphatic heterocycles. The maximum atomic E-state index is 12.6. The number of primary amides is 1. The Morgan fingerprint density at radius 1 is 1.58 bits per heavy atom. The first-order valence-corrected chi connectivity index (χ1v) is 3.38. The lowest BCUT2D eigenvalue weighted by Gasteiger charge is -2.00. The molecule has 0 spiro atoms. The van der Waals surface area contributed by atoms with Gasteiger partial charge in [-0.05, 0) is 6.07 Å². The molecule has 0 aromatic heterocycles. The first kappa shape index (κ1) is 8.80. The number of benzene rings is 1. The van der Waals surface area contributed by atoms with E-state index in [1.54, 1.807) is 0 Å². The molecule has 3 nitrogen and oxygen atoms in total. The Morgan fingerprint density at radius 2 is 2.17 bits per heavy atom. The first-order chi connectivity index (χ1) is 5.52. The number of hydrogen-bond donors (Lipinski definition) is 2. The Morgan fingerprint density at radius 3 is 2.67 bits per heavy atom. The Labute approximate surface area is 72.6 Å². The normalized spacial score (nSPS) is 9.83. The van der Waals surface area contributed by atoms with Crippen molar-refractivity contribution in [2.75, 3.05) is 0 Å². The average Bonchev–Trinajstić information content (AvgIpc) is 1.96. The summed E-state index contributed by atoms with van der Waals surface area (Å²) in [5, 5.41) is 8.74. The molecular weight excluding hydrogens is 185 g/mol. The fourth-order valence-electron chi connectivity index (χ4n) is 0.734. The Hall–Kier alpha value is -1.29. The van der Waals surface area contributed by atoms with Gasteiger partial charge in [0.2, 0.25) is 0 Å². The van der Waals surface area contributed by atoms with Crippen molar-refractivity contribution < 1.29 is 14.3 Å². The molecule has 0 fully saturated rings. The number of aromatic hydroxyl groups is 1. The smallest absolute Gasteiger partial charge is 0.252 e. The summed E-state index contributed by atoms with van der Waals surface area (Å²) in [5.74, 6) is -2.15. The van der Waals surface area contributed by atoms with Gasteiger partial charge in [-0.3, -0.25) is 4.79 Å². The quantitative estimate of drug-likeness (QED) is 0.699. The molecule has 12 heavy (non-hydrogen) atoms. The lowest BCUT2D eigenvalue weighted by molar-refractivity contribution is 0.0997. The Bertz CT molecular complexity index is 340. The van der Waals surface area contributed by atoms with Crippen LogP contribution in [0.25, 0.3) is 0 Å². The van der Waals surface area contributed by atoms with Gasteiger partial charge in [-0.25, -0.2) is 4.39 Å². The molecule has 3 N–H and O–H groups in total. The minimum atomic E-state index is -0.852. The summed E-state index contributed by atoms with van der Waals surface area (Å²) in [6.45, 7) is 0. The van der Waals surface area contributed by atoms with E-state index in [9.17, 15) is 9.18 Å². The van der Waals surface area contributed by atoms with E-state index in [0.717, 1.165) is 12.1 Å². The van der Waals surface area contributed by atoms with Crippen molar-refractivity contribution in [1.82, 2.24) is 0 Å². The molecule has 0 saturated heterocycles. The summed E-state index contributed by atoms with van der Waals surface area (Å²) in [6, 6.07) is 1.72. The molecule has 0 bridgehead atoms. The molecule has 0 heterocycles. The van der Waals surface area contributed by atoms with Gasteiger partial charge < -0.3 is 10.8 Å². The molecular formula is C7H5ClFNO2. The van der Waals surface area contributed by atoms with E-state index in [2.05, 4.69) is 0 Å². The fraction of sp³-hybridized carbons (Fsp3) is 0. The van der Waals surface area contributed by atoms with Crippen molar-refractivity contribution in [1.29, 1.82) is 0 Å². The van der Waals surface area contributed by atoms with E-state index in [1.165, 1.54) is 0 Å². The third-order valence-corrected chi connectivity index (χ3v) is 1.59. The summed E-state index contributed by atoms with van der Waals surface area (Å²) in [4.78, 5) is 10.6. The molecule has 0 radical (unpaired) electrons. The molecule has 5 heteroatoms. The lowest BCUT2D eigenvalue weighted by atomic mass is 10.2. The van der Waals surface area contributed by atoms with Gasteiger partial charge in [0.25, 0.3) is 5.91 Å². The number of carbonyl (C=O) groups excluding carboxylic acids is 1. The van der Waals surface area contributed by atoms with Crippen molar-refractivity contribution in [2.24, 2.45) is 5.73 Å². The maximum Gasteiger partial charge on any atom is 0.252 e. The maximum absolute atomic E-state index is 12.6. The molecule has 1 aromatic carbocycles. The van der Waals surface area contributed by atoms with E-state index < -0.39 is 17.5 Å². The summed E-state index contributed by atoms with van der Waals surface area (Å²) in [6.07, 6.45) is 0. The highest BCUT2D eigenvalue weighted by Crippen LogP contribution is 2.24. The molecule has 1 amide bonds. The largest absolute Gasteiger partial charge is 0.507 e. The van der Waals surface area contributed by atoms with Crippen molar-refractivity contribution in [3.05, 3.63) is 28.5 Å². The van der Waals surface area contributed by atoms with Gasteiger partial charge in [0.1, 0.15) is 11.6 Å². The number of amides is 1. The van der Waals surface area contributed by atoms with Gasteiger partial charge in [0, 0.05) is 6.07 Å². The van der Waals surface area contributed by atoms with E-state index in [4.69, 9.17) is 22.4 Å². The van der Waals surface area contributed by atoms with Crippen LogP contribution >= 0.6 is 11.6 Å². The summed E-state index contributed by atoms with van der Waals surface area (Å²) >= 11 is 5.34. The van der Waals surface area contributed by atoms with Crippen molar-refractivity contribution in [3.63, 3.8) is 0 Å². The van der Waals surface area contributed by atoms with E-state index in [0.29, 0.717) is 0 Å². The molecule has 1 rings (SSSR count). The van der Waals surface area contributed by atoms with Crippen molar-refractivity contribution in [2.45, 2.75) is 0 Å². The molecule has 0 saturated carbocycles.